The van der Waals surface area contributed by atoms with Crippen LogP contribution in [0.1, 0.15) is 22.7 Å². The van der Waals surface area contributed by atoms with Gasteiger partial charge < -0.3 is 9.84 Å². The van der Waals surface area contributed by atoms with Crippen LogP contribution in [0.2, 0.25) is 0 Å². The van der Waals surface area contributed by atoms with E-state index in [9.17, 15) is 5.11 Å². The third-order valence-electron chi connectivity index (χ3n) is 4.13. The van der Waals surface area contributed by atoms with Crippen LogP contribution < -0.4 is 0 Å². The molecule has 0 amide bonds. The lowest BCUT2D eigenvalue weighted by molar-refractivity contribution is 0.0234. The molecule has 1 N–H and O–H groups in total. The van der Waals surface area contributed by atoms with Crippen molar-refractivity contribution in [3.8, 4) is 5.75 Å². The van der Waals surface area contributed by atoms with Crippen molar-refractivity contribution in [1.82, 2.24) is 4.90 Å². The van der Waals surface area contributed by atoms with Crippen LogP contribution in [0.25, 0.3) is 0 Å². The molecule has 1 aliphatic heterocycles. The highest BCUT2D eigenvalue weighted by Gasteiger charge is 2.27. The summed E-state index contributed by atoms with van der Waals surface area (Å²) >= 11 is 0. The first-order valence-electron chi connectivity index (χ1n) is 7.42. The van der Waals surface area contributed by atoms with Gasteiger partial charge in [-0.15, -0.1) is 0 Å². The monoisotopic (exact) mass is 283 g/mol. The van der Waals surface area contributed by atoms with E-state index in [1.807, 2.05) is 18.2 Å². The highest BCUT2D eigenvalue weighted by molar-refractivity contribution is 5.43. The molecule has 3 heteroatoms. The van der Waals surface area contributed by atoms with Gasteiger partial charge >= 0.3 is 0 Å². The lowest BCUT2D eigenvalue weighted by Gasteiger charge is -2.36. The number of rotatable bonds is 3. The Morgan fingerprint density at radius 3 is 2.24 bits per heavy atom. The molecule has 3 rings (SSSR count). The number of hydrogen-bond donors (Lipinski definition) is 1. The van der Waals surface area contributed by atoms with E-state index < -0.39 is 0 Å². The van der Waals surface area contributed by atoms with Crippen LogP contribution in [-0.4, -0.2) is 36.3 Å². The van der Waals surface area contributed by atoms with Gasteiger partial charge in [-0.3, -0.25) is 4.90 Å². The SMILES string of the molecule is Cc1ccccc1C(c1ccccc1O)N1CCOCC1. The van der Waals surface area contributed by atoms with Gasteiger partial charge in [0.2, 0.25) is 0 Å². The van der Waals surface area contributed by atoms with Crippen molar-refractivity contribution in [1.29, 1.82) is 0 Å². The highest BCUT2D eigenvalue weighted by atomic mass is 16.5. The van der Waals surface area contributed by atoms with Crippen LogP contribution in [0.4, 0.5) is 0 Å². The van der Waals surface area contributed by atoms with E-state index >= 15 is 0 Å². The molecule has 0 radical (unpaired) electrons. The Hall–Kier alpha value is -1.84. The zero-order valence-electron chi connectivity index (χ0n) is 12.3. The van der Waals surface area contributed by atoms with Gasteiger partial charge in [0.1, 0.15) is 5.75 Å². The predicted octanol–water partition coefficient (Wildman–Crippen LogP) is 3.12. The minimum absolute atomic E-state index is 0.0799. The molecule has 0 aromatic heterocycles. The Morgan fingerprint density at radius 2 is 1.57 bits per heavy atom. The van der Waals surface area contributed by atoms with Gasteiger partial charge in [0.25, 0.3) is 0 Å². The van der Waals surface area contributed by atoms with E-state index in [4.69, 9.17) is 4.74 Å². The topological polar surface area (TPSA) is 32.7 Å². The molecule has 2 aromatic rings. The Balaban J connectivity index is 2.07. The van der Waals surface area contributed by atoms with Crippen LogP contribution in [0.15, 0.2) is 48.5 Å². The third-order valence-corrected chi connectivity index (χ3v) is 4.13. The fourth-order valence-corrected chi connectivity index (χ4v) is 3.01. The van der Waals surface area contributed by atoms with Gasteiger partial charge in [0.05, 0.1) is 19.3 Å². The van der Waals surface area contributed by atoms with Gasteiger partial charge in [-0.1, -0.05) is 42.5 Å². The summed E-state index contributed by atoms with van der Waals surface area (Å²) in [5, 5.41) is 10.3. The van der Waals surface area contributed by atoms with Gasteiger partial charge in [-0.2, -0.15) is 0 Å². The second-order valence-electron chi connectivity index (χ2n) is 5.47. The molecule has 2 aromatic carbocycles. The predicted molar refractivity (Wildman–Crippen MR) is 83.5 cm³/mol. The van der Waals surface area contributed by atoms with Gasteiger partial charge in [0, 0.05) is 18.7 Å². The van der Waals surface area contributed by atoms with Crippen molar-refractivity contribution in [3.63, 3.8) is 0 Å². The number of aromatic hydroxyl groups is 1. The molecule has 0 bridgehead atoms. The number of phenols is 1. The van der Waals surface area contributed by atoms with E-state index in [-0.39, 0.29) is 6.04 Å². The fraction of sp³-hybridized carbons (Fsp3) is 0.333. The van der Waals surface area contributed by atoms with Gasteiger partial charge in [-0.25, -0.2) is 0 Å². The molecule has 0 saturated carbocycles. The van der Waals surface area contributed by atoms with Crippen molar-refractivity contribution in [3.05, 3.63) is 65.2 Å². The van der Waals surface area contributed by atoms with E-state index in [0.29, 0.717) is 5.75 Å². The average Bonchev–Trinajstić information content (AvgIpc) is 2.52. The van der Waals surface area contributed by atoms with Crippen molar-refractivity contribution in [2.45, 2.75) is 13.0 Å². The largest absolute Gasteiger partial charge is 0.508 e. The molecule has 21 heavy (non-hydrogen) atoms. The summed E-state index contributed by atoms with van der Waals surface area (Å²) in [6.07, 6.45) is 0. The Bertz CT molecular complexity index is 560. The van der Waals surface area contributed by atoms with Gasteiger partial charge in [0.15, 0.2) is 0 Å². The van der Waals surface area contributed by atoms with E-state index in [1.165, 1.54) is 11.1 Å². The molecule has 0 aliphatic carbocycles. The maximum atomic E-state index is 10.3. The van der Waals surface area contributed by atoms with E-state index in [0.717, 1.165) is 31.9 Å². The van der Waals surface area contributed by atoms with Gasteiger partial charge in [-0.05, 0) is 24.1 Å². The molecular formula is C18H21NO2. The molecule has 3 nitrogen and oxygen atoms in total. The summed E-state index contributed by atoms with van der Waals surface area (Å²) in [5.41, 5.74) is 3.46. The molecule has 1 heterocycles. The zero-order chi connectivity index (χ0) is 14.7. The Kier molecular flexibility index (Phi) is 4.23. The second-order valence-corrected chi connectivity index (χ2v) is 5.47. The first-order chi connectivity index (χ1) is 10.3. The lowest BCUT2D eigenvalue weighted by atomic mass is 9.92. The smallest absolute Gasteiger partial charge is 0.120 e. The molecule has 1 fully saturated rings. The Morgan fingerprint density at radius 1 is 0.952 bits per heavy atom. The molecule has 110 valence electrons. The first kappa shape index (κ1) is 14.1. The van der Waals surface area contributed by atoms with Crippen LogP contribution in [0.3, 0.4) is 0 Å². The van der Waals surface area contributed by atoms with Crippen LogP contribution in [-0.2, 0) is 4.74 Å². The minimum atomic E-state index is 0.0799. The summed E-state index contributed by atoms with van der Waals surface area (Å²) in [5.74, 6) is 0.359. The molecule has 1 saturated heterocycles. The molecular weight excluding hydrogens is 262 g/mol. The summed E-state index contributed by atoms with van der Waals surface area (Å²) in [6.45, 7) is 5.38. The molecule has 0 spiro atoms. The number of morpholine rings is 1. The van der Waals surface area contributed by atoms with Crippen LogP contribution in [0, 0.1) is 6.92 Å². The maximum Gasteiger partial charge on any atom is 0.120 e. The Labute approximate surface area is 125 Å². The summed E-state index contributed by atoms with van der Waals surface area (Å²) in [7, 11) is 0. The highest BCUT2D eigenvalue weighted by Crippen LogP contribution is 2.35. The number of para-hydroxylation sites is 1. The normalized spacial score (nSPS) is 17.6. The van der Waals surface area contributed by atoms with Crippen molar-refractivity contribution in [2.75, 3.05) is 26.3 Å². The molecule has 1 aliphatic rings. The van der Waals surface area contributed by atoms with Crippen LogP contribution >= 0.6 is 0 Å². The number of benzene rings is 2. The number of aryl methyl sites for hydroxylation is 1. The van der Waals surface area contributed by atoms with Crippen molar-refractivity contribution in [2.24, 2.45) is 0 Å². The second kappa shape index (κ2) is 6.29. The number of ether oxygens (including phenoxy) is 1. The maximum absolute atomic E-state index is 10.3. The summed E-state index contributed by atoms with van der Waals surface area (Å²) in [4.78, 5) is 2.39. The standard InChI is InChI=1S/C18H21NO2/c1-14-6-2-3-7-15(14)18(19-10-12-21-13-11-19)16-8-4-5-9-17(16)20/h2-9,18,20H,10-13H2,1H3. The average molecular weight is 283 g/mol. The number of phenolic OH excluding ortho intramolecular Hbond substituents is 1. The fourth-order valence-electron chi connectivity index (χ4n) is 3.01. The van der Waals surface area contributed by atoms with Crippen molar-refractivity contribution < 1.29 is 9.84 Å². The molecule has 1 atom stereocenters. The quantitative estimate of drug-likeness (QED) is 0.939. The number of hydrogen-bond acceptors (Lipinski definition) is 3. The van der Waals surface area contributed by atoms with E-state index in [2.05, 4.69) is 36.1 Å². The third kappa shape index (κ3) is 2.94. The molecule has 1 unspecified atom stereocenters. The van der Waals surface area contributed by atoms with E-state index in [1.54, 1.807) is 6.07 Å². The summed E-state index contributed by atoms with van der Waals surface area (Å²) < 4.78 is 5.48. The summed E-state index contributed by atoms with van der Waals surface area (Å²) in [6, 6.07) is 16.1. The zero-order valence-corrected chi connectivity index (χ0v) is 12.3. The van der Waals surface area contributed by atoms with Crippen molar-refractivity contribution >= 4 is 0 Å². The minimum Gasteiger partial charge on any atom is -0.508 e. The van der Waals surface area contributed by atoms with Crippen LogP contribution in [0.5, 0.6) is 5.75 Å². The first-order valence-corrected chi connectivity index (χ1v) is 7.42. The number of nitrogens with zero attached hydrogens (tertiary/aromatic N) is 1. The lowest BCUT2D eigenvalue weighted by Crippen LogP contribution is -2.39.